The summed E-state index contributed by atoms with van der Waals surface area (Å²) in [5.41, 5.74) is 3.93. The van der Waals surface area contributed by atoms with Gasteiger partial charge in [-0.2, -0.15) is 10.4 Å². The Morgan fingerprint density at radius 2 is 2.07 bits per heavy atom. The minimum Gasteiger partial charge on any atom is -0.455 e. The highest BCUT2D eigenvalue weighted by Crippen LogP contribution is 2.35. The van der Waals surface area contributed by atoms with Crippen LogP contribution in [0.4, 0.5) is 11.5 Å². The van der Waals surface area contributed by atoms with Crippen molar-refractivity contribution in [1.29, 1.82) is 5.26 Å². The van der Waals surface area contributed by atoms with Gasteiger partial charge in [-0.05, 0) is 63.4 Å². The molecule has 0 saturated carbocycles. The van der Waals surface area contributed by atoms with E-state index in [1.807, 2.05) is 42.0 Å². The van der Waals surface area contributed by atoms with Crippen LogP contribution in [0.2, 0.25) is 5.02 Å². The number of aromatic nitrogens is 4. The zero-order valence-corrected chi connectivity index (χ0v) is 25.4. The monoisotopic (exact) mass is 612 g/mol. The van der Waals surface area contributed by atoms with E-state index in [-0.39, 0.29) is 11.9 Å². The third-order valence-corrected chi connectivity index (χ3v) is 8.43. The maximum Gasteiger partial charge on any atom is 0.340 e. The number of nitrogens with zero attached hydrogens (tertiary/aromatic N) is 7. The lowest BCUT2D eigenvalue weighted by Gasteiger charge is -2.35. The largest absolute Gasteiger partial charge is 0.455 e. The molecule has 3 atom stereocenters. The van der Waals surface area contributed by atoms with Crippen molar-refractivity contribution in [2.75, 3.05) is 36.4 Å². The highest BCUT2D eigenvalue weighted by molar-refractivity contribution is 6.31. The van der Waals surface area contributed by atoms with Gasteiger partial charge in [0, 0.05) is 60.6 Å². The molecule has 2 aliphatic rings. The van der Waals surface area contributed by atoms with Crippen molar-refractivity contribution in [1.82, 2.24) is 24.5 Å². The number of aryl methyl sites for hydroxylation is 1. The second-order valence-corrected chi connectivity index (χ2v) is 11.6. The lowest BCUT2D eigenvalue weighted by atomic mass is 9.98. The summed E-state index contributed by atoms with van der Waals surface area (Å²) in [5.74, 6) is -0.391. The van der Waals surface area contributed by atoms with Gasteiger partial charge < -0.3 is 19.9 Å². The Morgan fingerprint density at radius 1 is 1.20 bits per heavy atom. The highest BCUT2D eigenvalue weighted by atomic mass is 35.5. The van der Waals surface area contributed by atoms with Crippen LogP contribution in [-0.4, -0.2) is 68.6 Å². The van der Waals surface area contributed by atoms with Crippen molar-refractivity contribution in [2.45, 2.75) is 45.3 Å². The van der Waals surface area contributed by atoms with Gasteiger partial charge in [-0.15, -0.1) is 0 Å². The zero-order chi connectivity index (χ0) is 30.8. The number of nitrogens with one attached hydrogen (secondary N) is 1. The number of anilines is 2. The molecule has 2 aliphatic heterocycles. The van der Waals surface area contributed by atoms with E-state index in [1.165, 1.54) is 6.20 Å². The van der Waals surface area contributed by atoms with E-state index in [1.54, 1.807) is 35.0 Å². The lowest BCUT2D eigenvalue weighted by Crippen LogP contribution is -2.39. The highest BCUT2D eigenvalue weighted by Gasteiger charge is 2.38. The van der Waals surface area contributed by atoms with E-state index in [4.69, 9.17) is 26.4 Å². The fraction of sp³-hybridized carbons (Fsp3) is 0.375. The average molecular weight is 613 g/mol. The second kappa shape index (κ2) is 12.5. The van der Waals surface area contributed by atoms with Gasteiger partial charge in [0.1, 0.15) is 17.8 Å². The summed E-state index contributed by atoms with van der Waals surface area (Å²) in [5, 5.41) is 18.5. The number of halogens is 1. The van der Waals surface area contributed by atoms with Crippen LogP contribution in [0.5, 0.6) is 0 Å². The van der Waals surface area contributed by atoms with E-state index in [2.05, 4.69) is 16.4 Å². The summed E-state index contributed by atoms with van der Waals surface area (Å²) in [6.45, 7) is 5.96. The summed E-state index contributed by atoms with van der Waals surface area (Å²) >= 11 is 6.30. The molecular formula is C32H33ClN8O3. The number of amides is 1. The number of hydrogen-bond acceptors (Lipinski definition) is 9. The third kappa shape index (κ3) is 5.77. The number of rotatable bonds is 7. The molecule has 3 aromatic heterocycles. The van der Waals surface area contributed by atoms with E-state index in [9.17, 15) is 14.9 Å². The number of carbonyl (C=O) groups is 2. The Balaban J connectivity index is 1.25. The molecule has 0 unspecified atom stereocenters. The first-order valence-corrected chi connectivity index (χ1v) is 15.2. The van der Waals surface area contributed by atoms with Gasteiger partial charge in [-0.25, -0.2) is 14.3 Å². The van der Waals surface area contributed by atoms with Gasteiger partial charge in [0.2, 0.25) is 0 Å². The summed E-state index contributed by atoms with van der Waals surface area (Å²) in [7, 11) is 0. The molecule has 2 saturated heterocycles. The Morgan fingerprint density at radius 3 is 2.84 bits per heavy atom. The van der Waals surface area contributed by atoms with Crippen LogP contribution in [0, 0.1) is 24.2 Å². The number of nitriles is 1. The molecule has 12 heteroatoms. The fourth-order valence-corrected chi connectivity index (χ4v) is 6.23. The van der Waals surface area contributed by atoms with Crippen LogP contribution in [0.25, 0.3) is 5.65 Å². The molecule has 0 bridgehead atoms. The van der Waals surface area contributed by atoms with Crippen LogP contribution < -0.4 is 10.2 Å². The van der Waals surface area contributed by atoms with Crippen LogP contribution in [-0.2, 0) is 4.74 Å². The molecule has 44 heavy (non-hydrogen) atoms. The van der Waals surface area contributed by atoms with Gasteiger partial charge in [0.25, 0.3) is 5.91 Å². The molecule has 5 heterocycles. The molecular weight excluding hydrogens is 580 g/mol. The molecule has 226 valence electrons. The van der Waals surface area contributed by atoms with E-state index >= 15 is 0 Å². The third-order valence-electron chi connectivity index (χ3n) is 8.20. The molecule has 1 N–H and O–H groups in total. The molecule has 2 fully saturated rings. The first kappa shape index (κ1) is 29.4. The standard InChI is InChI=1S/C32H33ClN8O3/c1-3-36-25-10-9-23(33)13-24(25)31(42)40-12-5-4-8-27(40)26-14-29-37-30(20(2)17-41(29)38-26)39-18-22(15-34)28(19-39)44-32(43)21-7-6-11-35-16-21/h6-7,9-11,13-14,16-17,22,27-28,36H,3-5,8,12,18-19H2,1-2H3/t22-,27+,28+/m1/s1. The van der Waals surface area contributed by atoms with Gasteiger partial charge in [0.15, 0.2) is 5.65 Å². The topological polar surface area (TPSA) is 129 Å². The minimum atomic E-state index is -0.606. The number of likely N-dealkylation sites (tertiary alicyclic amines) is 1. The summed E-state index contributed by atoms with van der Waals surface area (Å²) in [6.07, 6.45) is 7.03. The van der Waals surface area contributed by atoms with E-state index in [0.717, 1.165) is 36.2 Å². The molecule has 11 nitrogen and oxygen atoms in total. The van der Waals surface area contributed by atoms with Crippen molar-refractivity contribution < 1.29 is 14.3 Å². The summed E-state index contributed by atoms with van der Waals surface area (Å²) in [4.78, 5) is 39.3. The molecule has 1 amide bonds. The SMILES string of the molecule is CCNc1ccc(Cl)cc1C(=O)N1CCCC[C@H]1c1cc2nc(N3C[C@@H](C#N)[C@@H](OC(=O)c4cccnc4)C3)c(C)cn2n1. The fourth-order valence-electron chi connectivity index (χ4n) is 6.06. The normalized spacial score (nSPS) is 20.0. The number of fused-ring (bicyclic) bond motifs is 1. The molecule has 1 aromatic carbocycles. The molecule has 0 radical (unpaired) electrons. The Bertz CT molecular complexity index is 1740. The Hall–Kier alpha value is -4.69. The van der Waals surface area contributed by atoms with Crippen molar-refractivity contribution in [3.8, 4) is 6.07 Å². The van der Waals surface area contributed by atoms with Crippen LogP contribution in [0.3, 0.4) is 0 Å². The van der Waals surface area contributed by atoms with Crippen LogP contribution in [0.1, 0.15) is 64.2 Å². The molecule has 4 aromatic rings. The van der Waals surface area contributed by atoms with Gasteiger partial charge in [0.05, 0.1) is 35.5 Å². The van der Waals surface area contributed by atoms with Crippen molar-refractivity contribution in [3.05, 3.63) is 82.4 Å². The molecule has 0 aliphatic carbocycles. The van der Waals surface area contributed by atoms with Crippen LogP contribution in [0.15, 0.2) is 55.0 Å². The average Bonchev–Trinajstić information content (AvgIpc) is 3.65. The zero-order valence-electron chi connectivity index (χ0n) is 24.6. The number of benzene rings is 1. The first-order chi connectivity index (χ1) is 21.4. The van der Waals surface area contributed by atoms with Crippen molar-refractivity contribution in [2.24, 2.45) is 5.92 Å². The number of pyridine rings is 1. The van der Waals surface area contributed by atoms with E-state index < -0.39 is 18.0 Å². The molecule has 6 rings (SSSR count). The quantitative estimate of drug-likeness (QED) is 0.284. The summed E-state index contributed by atoms with van der Waals surface area (Å²) in [6, 6.07) is 12.7. The first-order valence-electron chi connectivity index (χ1n) is 14.8. The van der Waals surface area contributed by atoms with Gasteiger partial charge >= 0.3 is 5.97 Å². The van der Waals surface area contributed by atoms with E-state index in [0.29, 0.717) is 53.8 Å². The lowest BCUT2D eigenvalue weighted by molar-refractivity contribution is 0.0295. The molecule has 0 spiro atoms. The maximum absolute atomic E-state index is 13.9. The van der Waals surface area contributed by atoms with Crippen molar-refractivity contribution >= 4 is 40.6 Å². The van der Waals surface area contributed by atoms with Crippen LogP contribution >= 0.6 is 11.6 Å². The predicted octanol–water partition coefficient (Wildman–Crippen LogP) is 5.07. The summed E-state index contributed by atoms with van der Waals surface area (Å²) < 4.78 is 7.47. The number of carbonyl (C=O) groups excluding carboxylic acids is 2. The predicted molar refractivity (Wildman–Crippen MR) is 166 cm³/mol. The number of piperidine rings is 1. The van der Waals surface area contributed by atoms with Crippen molar-refractivity contribution in [3.63, 3.8) is 0 Å². The number of hydrogen-bond donors (Lipinski definition) is 1. The maximum atomic E-state index is 13.9. The van der Waals surface area contributed by atoms with Gasteiger partial charge in [-0.1, -0.05) is 11.6 Å². The second-order valence-electron chi connectivity index (χ2n) is 11.2. The number of esters is 1. The van der Waals surface area contributed by atoms with Gasteiger partial charge in [-0.3, -0.25) is 9.78 Å². The minimum absolute atomic E-state index is 0.0819. The Labute approximate surface area is 260 Å². The Kier molecular flexibility index (Phi) is 8.35. The number of ether oxygens (including phenoxy) is 1. The smallest absolute Gasteiger partial charge is 0.340 e.